The molecule has 2 aromatic heterocycles. The minimum absolute atomic E-state index is 0.512. The molecule has 0 aliphatic rings. The molecule has 0 aliphatic carbocycles. The number of halogens is 1. The number of ether oxygens (including phenoxy) is 1. The van der Waals surface area contributed by atoms with Crippen molar-refractivity contribution < 1.29 is 9.84 Å². The zero-order chi connectivity index (χ0) is 14.1. The van der Waals surface area contributed by atoms with Gasteiger partial charge in [0.25, 0.3) is 0 Å². The highest BCUT2D eigenvalue weighted by molar-refractivity contribution is 6.32. The molecule has 0 saturated heterocycles. The Hall–Kier alpha value is -2.04. The van der Waals surface area contributed by atoms with Crippen molar-refractivity contribution in [2.24, 2.45) is 0 Å². The van der Waals surface area contributed by atoms with Crippen molar-refractivity contribution in [1.82, 2.24) is 9.38 Å². The first-order valence-electron chi connectivity index (χ1n) is 6.14. The lowest BCUT2D eigenvalue weighted by Gasteiger charge is -2.10. The summed E-state index contributed by atoms with van der Waals surface area (Å²) in [7, 11) is 1.54. The number of nitrogens with zero attached hydrogens (tertiary/aromatic N) is 2. The van der Waals surface area contributed by atoms with E-state index < -0.39 is 6.10 Å². The van der Waals surface area contributed by atoms with Crippen LogP contribution in [0, 0.1) is 0 Å². The fourth-order valence-electron chi connectivity index (χ4n) is 2.10. The Morgan fingerprint density at radius 3 is 2.90 bits per heavy atom. The van der Waals surface area contributed by atoms with Gasteiger partial charge in [-0.25, -0.2) is 4.98 Å². The predicted octanol–water partition coefficient (Wildman–Crippen LogP) is 3.08. The number of aromatic nitrogens is 2. The third-order valence-electron chi connectivity index (χ3n) is 3.15. The van der Waals surface area contributed by atoms with Gasteiger partial charge in [-0.15, -0.1) is 0 Å². The second kappa shape index (κ2) is 5.15. The van der Waals surface area contributed by atoms with E-state index in [2.05, 4.69) is 4.98 Å². The van der Waals surface area contributed by atoms with Crippen molar-refractivity contribution in [1.29, 1.82) is 0 Å². The molecule has 102 valence electrons. The monoisotopic (exact) mass is 288 g/mol. The quantitative estimate of drug-likeness (QED) is 0.806. The van der Waals surface area contributed by atoms with Crippen LogP contribution < -0.4 is 4.74 Å². The molecule has 4 nitrogen and oxygen atoms in total. The van der Waals surface area contributed by atoms with Gasteiger partial charge >= 0.3 is 0 Å². The molecule has 2 heterocycles. The van der Waals surface area contributed by atoms with E-state index in [-0.39, 0.29) is 0 Å². The van der Waals surface area contributed by atoms with Crippen LogP contribution in [0.4, 0.5) is 0 Å². The van der Waals surface area contributed by atoms with E-state index in [9.17, 15) is 5.11 Å². The highest BCUT2D eigenvalue weighted by Crippen LogP contribution is 2.30. The van der Waals surface area contributed by atoms with Crippen molar-refractivity contribution in [2.75, 3.05) is 7.11 Å². The van der Waals surface area contributed by atoms with Crippen LogP contribution in [-0.4, -0.2) is 21.6 Å². The lowest BCUT2D eigenvalue weighted by Crippen LogP contribution is -2.00. The van der Waals surface area contributed by atoms with Gasteiger partial charge in [0.2, 0.25) is 0 Å². The molecule has 0 amide bonds. The summed E-state index contributed by atoms with van der Waals surface area (Å²) in [5.74, 6) is 0.534. The molecule has 1 N–H and O–H groups in total. The lowest BCUT2D eigenvalue weighted by molar-refractivity contribution is 0.215. The maximum atomic E-state index is 10.4. The third kappa shape index (κ3) is 2.24. The van der Waals surface area contributed by atoms with Crippen LogP contribution in [0.1, 0.15) is 17.4 Å². The van der Waals surface area contributed by atoms with E-state index >= 15 is 0 Å². The van der Waals surface area contributed by atoms with E-state index in [0.29, 0.717) is 22.0 Å². The number of fused-ring (bicyclic) bond motifs is 1. The molecule has 20 heavy (non-hydrogen) atoms. The molecule has 3 rings (SSSR count). The first kappa shape index (κ1) is 13.0. The second-order valence-corrected chi connectivity index (χ2v) is 4.84. The van der Waals surface area contributed by atoms with Gasteiger partial charge in [-0.05, 0) is 29.8 Å². The largest absolute Gasteiger partial charge is 0.495 e. The van der Waals surface area contributed by atoms with Crippen molar-refractivity contribution in [3.63, 3.8) is 0 Å². The zero-order valence-corrected chi connectivity index (χ0v) is 11.6. The Morgan fingerprint density at radius 1 is 1.30 bits per heavy atom. The first-order valence-corrected chi connectivity index (χ1v) is 6.52. The number of methoxy groups -OCH3 is 1. The summed E-state index contributed by atoms with van der Waals surface area (Å²) in [5, 5.41) is 10.9. The van der Waals surface area contributed by atoms with Gasteiger partial charge in [0.15, 0.2) is 0 Å². The number of aliphatic hydroxyl groups excluding tert-OH is 1. The summed E-state index contributed by atoms with van der Waals surface area (Å²) >= 11 is 5.98. The number of hydrogen-bond acceptors (Lipinski definition) is 3. The lowest BCUT2D eigenvalue weighted by atomic mass is 10.1. The number of imidazole rings is 1. The Morgan fingerprint density at radius 2 is 2.15 bits per heavy atom. The molecule has 1 aromatic carbocycles. The highest BCUT2D eigenvalue weighted by atomic mass is 35.5. The average molecular weight is 289 g/mol. The van der Waals surface area contributed by atoms with Crippen LogP contribution in [-0.2, 0) is 0 Å². The van der Waals surface area contributed by atoms with Gasteiger partial charge in [-0.2, -0.15) is 0 Å². The summed E-state index contributed by atoms with van der Waals surface area (Å²) < 4.78 is 7.03. The minimum Gasteiger partial charge on any atom is -0.495 e. The molecule has 0 saturated carbocycles. The SMILES string of the molecule is COc1cc(C(O)c2cn3ccccc3n2)ccc1Cl. The van der Waals surface area contributed by atoms with Crippen LogP contribution in [0.3, 0.4) is 0 Å². The van der Waals surface area contributed by atoms with Crippen LogP contribution in [0.5, 0.6) is 5.75 Å². The molecule has 0 bridgehead atoms. The van der Waals surface area contributed by atoms with Crippen molar-refractivity contribution in [3.8, 4) is 5.75 Å². The Balaban J connectivity index is 2.01. The predicted molar refractivity (Wildman–Crippen MR) is 77.3 cm³/mol. The molecule has 1 atom stereocenters. The van der Waals surface area contributed by atoms with Gasteiger partial charge in [-0.1, -0.05) is 23.7 Å². The molecule has 3 aromatic rings. The normalized spacial score (nSPS) is 12.6. The Kier molecular flexibility index (Phi) is 3.34. The molecular formula is C15H13ClN2O2. The summed E-state index contributed by atoms with van der Waals surface area (Å²) in [6.45, 7) is 0. The first-order chi connectivity index (χ1) is 9.69. The second-order valence-electron chi connectivity index (χ2n) is 4.43. The number of benzene rings is 1. The van der Waals surface area contributed by atoms with Gasteiger partial charge in [0.05, 0.1) is 17.8 Å². The van der Waals surface area contributed by atoms with E-state index in [1.807, 2.05) is 28.8 Å². The van der Waals surface area contributed by atoms with Crippen molar-refractivity contribution in [3.05, 3.63) is 65.1 Å². The average Bonchev–Trinajstić information content (AvgIpc) is 2.91. The molecule has 0 radical (unpaired) electrons. The standard InChI is InChI=1S/C15H13ClN2O2/c1-20-13-8-10(5-6-11(13)16)15(19)12-9-18-7-3-2-4-14(18)17-12/h2-9,15,19H,1H3. The van der Waals surface area contributed by atoms with E-state index in [1.165, 1.54) is 0 Å². The van der Waals surface area contributed by atoms with Gasteiger partial charge in [0.1, 0.15) is 17.5 Å². The van der Waals surface area contributed by atoms with Gasteiger partial charge < -0.3 is 14.2 Å². The van der Waals surface area contributed by atoms with Crippen LogP contribution in [0.25, 0.3) is 5.65 Å². The third-order valence-corrected chi connectivity index (χ3v) is 3.47. The summed E-state index contributed by atoms with van der Waals surface area (Å²) in [4.78, 5) is 4.41. The molecule has 0 aliphatic heterocycles. The smallest absolute Gasteiger partial charge is 0.137 e. The van der Waals surface area contributed by atoms with E-state index in [1.54, 1.807) is 31.5 Å². The maximum absolute atomic E-state index is 10.4. The van der Waals surface area contributed by atoms with Crippen LogP contribution >= 0.6 is 11.6 Å². The molecule has 0 spiro atoms. The fourth-order valence-corrected chi connectivity index (χ4v) is 2.30. The van der Waals surface area contributed by atoms with E-state index in [4.69, 9.17) is 16.3 Å². The van der Waals surface area contributed by atoms with Crippen LogP contribution in [0.15, 0.2) is 48.8 Å². The topological polar surface area (TPSA) is 46.8 Å². The Labute approximate surface area is 121 Å². The highest BCUT2D eigenvalue weighted by Gasteiger charge is 2.16. The van der Waals surface area contributed by atoms with E-state index in [0.717, 1.165) is 5.65 Å². The number of pyridine rings is 1. The molecular weight excluding hydrogens is 276 g/mol. The fraction of sp³-hybridized carbons (Fsp3) is 0.133. The molecule has 0 fully saturated rings. The summed E-state index contributed by atoms with van der Waals surface area (Å²) in [5.41, 5.74) is 2.07. The number of hydrogen-bond donors (Lipinski definition) is 1. The Bertz CT molecular complexity index is 721. The van der Waals surface area contributed by atoms with Gasteiger partial charge in [-0.3, -0.25) is 0 Å². The maximum Gasteiger partial charge on any atom is 0.137 e. The van der Waals surface area contributed by atoms with Crippen molar-refractivity contribution in [2.45, 2.75) is 6.10 Å². The number of aliphatic hydroxyl groups is 1. The zero-order valence-electron chi connectivity index (χ0n) is 10.8. The molecule has 5 heteroatoms. The minimum atomic E-state index is -0.818. The molecule has 1 unspecified atom stereocenters. The van der Waals surface area contributed by atoms with Crippen molar-refractivity contribution >= 4 is 17.2 Å². The van der Waals surface area contributed by atoms with Gasteiger partial charge in [0, 0.05) is 12.4 Å². The summed E-state index contributed by atoms with van der Waals surface area (Å²) in [6.07, 6.45) is 2.88. The van der Waals surface area contributed by atoms with Crippen LogP contribution in [0.2, 0.25) is 5.02 Å². The number of rotatable bonds is 3. The summed E-state index contributed by atoms with van der Waals surface area (Å²) in [6, 6.07) is 10.9.